The number of hydrogen-bond donors (Lipinski definition) is 0. The predicted octanol–water partition coefficient (Wildman–Crippen LogP) is 3.46. The molecular weight excluding hydrogens is 318 g/mol. The highest BCUT2D eigenvalue weighted by molar-refractivity contribution is 6.14. The molecule has 1 heterocycles. The maximum absolute atomic E-state index is 12.9. The zero-order valence-electron chi connectivity index (χ0n) is 14.7. The van der Waals surface area contributed by atoms with Crippen LogP contribution in [0, 0.1) is 0 Å². The maximum atomic E-state index is 12.9. The number of benzene rings is 2. The number of nitrogens with zero attached hydrogens (tertiary/aromatic N) is 1. The van der Waals surface area contributed by atoms with Crippen molar-refractivity contribution in [1.29, 1.82) is 0 Å². The summed E-state index contributed by atoms with van der Waals surface area (Å²) in [5, 5.41) is 1.91. The Morgan fingerprint density at radius 2 is 2.00 bits per heavy atom. The normalized spacial score (nSPS) is 19.3. The van der Waals surface area contributed by atoms with Gasteiger partial charge in [0.1, 0.15) is 0 Å². The van der Waals surface area contributed by atoms with Crippen LogP contribution in [0.1, 0.15) is 20.3 Å². The van der Waals surface area contributed by atoms with E-state index in [1.807, 2.05) is 30.3 Å². The van der Waals surface area contributed by atoms with Crippen molar-refractivity contribution in [3.63, 3.8) is 0 Å². The molecule has 2 aromatic carbocycles. The van der Waals surface area contributed by atoms with Gasteiger partial charge in [-0.25, -0.2) is 9.59 Å². The molecule has 3 rings (SSSR count). The number of esters is 2. The SMILES string of the molecule is C=C(C)C[C@@]1(C(=O)OCC)C(=O)Oc2ccc3ccccc3c2N1C. The van der Waals surface area contributed by atoms with E-state index in [1.165, 1.54) is 0 Å². The van der Waals surface area contributed by atoms with Gasteiger partial charge in [0.2, 0.25) is 5.54 Å². The maximum Gasteiger partial charge on any atom is 0.349 e. The number of anilines is 1. The molecule has 1 aliphatic heterocycles. The monoisotopic (exact) mass is 339 g/mol. The van der Waals surface area contributed by atoms with E-state index in [2.05, 4.69) is 6.58 Å². The lowest BCUT2D eigenvalue weighted by atomic mass is 9.87. The van der Waals surface area contributed by atoms with Gasteiger partial charge in [-0.1, -0.05) is 35.9 Å². The molecular formula is C20H21NO4. The molecule has 0 aliphatic carbocycles. The summed E-state index contributed by atoms with van der Waals surface area (Å²) >= 11 is 0. The number of likely N-dealkylation sites (N-methyl/N-ethyl adjacent to an activating group) is 1. The Morgan fingerprint density at radius 1 is 1.28 bits per heavy atom. The standard InChI is InChI=1S/C20H21NO4/c1-5-24-18(22)20(12-13(2)3)19(23)25-16-11-10-14-8-6-7-9-15(14)17(16)21(20)4/h6-11H,2,5,12H2,1,3-4H3/t20-/m1/s1. The lowest BCUT2D eigenvalue weighted by molar-refractivity contribution is -0.160. The molecule has 0 fully saturated rings. The van der Waals surface area contributed by atoms with Gasteiger partial charge in [-0.15, -0.1) is 6.58 Å². The van der Waals surface area contributed by atoms with Crippen LogP contribution in [0.15, 0.2) is 48.6 Å². The summed E-state index contributed by atoms with van der Waals surface area (Å²) in [5.41, 5.74) is -0.175. The molecule has 5 heteroatoms. The molecule has 5 nitrogen and oxygen atoms in total. The number of fused-ring (bicyclic) bond motifs is 3. The average molecular weight is 339 g/mol. The molecule has 0 unspecified atom stereocenters. The van der Waals surface area contributed by atoms with E-state index in [0.717, 1.165) is 10.8 Å². The Bertz CT molecular complexity index is 873. The fraction of sp³-hybridized carbons (Fsp3) is 0.300. The highest BCUT2D eigenvalue weighted by Gasteiger charge is 2.56. The molecule has 1 aliphatic rings. The van der Waals surface area contributed by atoms with Crippen LogP contribution < -0.4 is 9.64 Å². The summed E-state index contributed by atoms with van der Waals surface area (Å²) in [5.74, 6) is -0.823. The van der Waals surface area contributed by atoms with E-state index in [1.54, 1.807) is 31.9 Å². The average Bonchev–Trinajstić information content (AvgIpc) is 2.58. The summed E-state index contributed by atoms with van der Waals surface area (Å²) < 4.78 is 10.8. The lowest BCUT2D eigenvalue weighted by Gasteiger charge is -2.43. The van der Waals surface area contributed by atoms with E-state index < -0.39 is 17.5 Å². The van der Waals surface area contributed by atoms with E-state index in [9.17, 15) is 9.59 Å². The number of rotatable bonds is 4. The molecule has 2 aromatic rings. The smallest absolute Gasteiger partial charge is 0.349 e. The van der Waals surface area contributed by atoms with E-state index in [-0.39, 0.29) is 13.0 Å². The second-order valence-corrected chi connectivity index (χ2v) is 6.30. The summed E-state index contributed by atoms with van der Waals surface area (Å²) in [6.45, 7) is 7.55. The second kappa shape index (κ2) is 6.24. The fourth-order valence-electron chi connectivity index (χ4n) is 3.35. The molecule has 0 saturated carbocycles. The minimum Gasteiger partial charge on any atom is -0.464 e. The highest BCUT2D eigenvalue weighted by Crippen LogP contribution is 2.45. The molecule has 0 radical (unpaired) electrons. The van der Waals surface area contributed by atoms with Crippen LogP contribution >= 0.6 is 0 Å². The molecule has 0 N–H and O–H groups in total. The van der Waals surface area contributed by atoms with Crippen molar-refractivity contribution in [3.05, 3.63) is 48.6 Å². The Kier molecular flexibility index (Phi) is 4.25. The van der Waals surface area contributed by atoms with Crippen molar-refractivity contribution in [1.82, 2.24) is 0 Å². The summed E-state index contributed by atoms with van der Waals surface area (Å²) in [6, 6.07) is 11.4. The molecule has 0 aromatic heterocycles. The van der Waals surface area contributed by atoms with Crippen LogP contribution in [0.3, 0.4) is 0 Å². The first-order chi connectivity index (χ1) is 11.9. The van der Waals surface area contributed by atoms with Gasteiger partial charge in [-0.3, -0.25) is 0 Å². The van der Waals surface area contributed by atoms with Crippen LogP contribution in [0.2, 0.25) is 0 Å². The fourth-order valence-corrected chi connectivity index (χ4v) is 3.35. The Morgan fingerprint density at radius 3 is 2.68 bits per heavy atom. The van der Waals surface area contributed by atoms with Crippen molar-refractivity contribution in [2.75, 3.05) is 18.6 Å². The number of carbonyl (C=O) groups is 2. The first kappa shape index (κ1) is 17.0. The molecule has 0 amide bonds. The van der Waals surface area contributed by atoms with Crippen LogP contribution in [0.25, 0.3) is 10.8 Å². The van der Waals surface area contributed by atoms with Crippen molar-refractivity contribution >= 4 is 28.4 Å². The van der Waals surface area contributed by atoms with Gasteiger partial charge in [0.05, 0.1) is 12.3 Å². The Labute approximate surface area is 146 Å². The zero-order valence-corrected chi connectivity index (χ0v) is 14.7. The van der Waals surface area contributed by atoms with Gasteiger partial charge in [-0.05, 0) is 25.3 Å². The third kappa shape index (κ3) is 2.56. The third-order valence-electron chi connectivity index (χ3n) is 4.48. The lowest BCUT2D eigenvalue weighted by Crippen LogP contribution is -2.63. The largest absolute Gasteiger partial charge is 0.464 e. The minimum atomic E-state index is -1.57. The van der Waals surface area contributed by atoms with Gasteiger partial charge in [0.15, 0.2) is 5.75 Å². The predicted molar refractivity (Wildman–Crippen MR) is 96.8 cm³/mol. The molecule has 130 valence electrons. The van der Waals surface area contributed by atoms with Gasteiger partial charge >= 0.3 is 11.9 Å². The molecule has 1 atom stereocenters. The quantitative estimate of drug-likeness (QED) is 0.369. The van der Waals surface area contributed by atoms with Crippen molar-refractivity contribution in [2.45, 2.75) is 25.8 Å². The van der Waals surface area contributed by atoms with Gasteiger partial charge in [0.25, 0.3) is 0 Å². The van der Waals surface area contributed by atoms with Gasteiger partial charge in [0, 0.05) is 18.9 Å². The van der Waals surface area contributed by atoms with E-state index >= 15 is 0 Å². The number of carbonyl (C=O) groups excluding carboxylic acids is 2. The molecule has 0 spiro atoms. The molecule has 25 heavy (non-hydrogen) atoms. The van der Waals surface area contributed by atoms with Gasteiger partial charge in [-0.2, -0.15) is 0 Å². The number of ether oxygens (including phenoxy) is 2. The highest BCUT2D eigenvalue weighted by atomic mass is 16.6. The minimum absolute atomic E-state index is 0.129. The topological polar surface area (TPSA) is 55.8 Å². The first-order valence-corrected chi connectivity index (χ1v) is 8.21. The van der Waals surface area contributed by atoms with Crippen LogP contribution in [0.5, 0.6) is 5.75 Å². The molecule has 0 saturated heterocycles. The van der Waals surface area contributed by atoms with Crippen molar-refractivity contribution in [3.8, 4) is 5.75 Å². The first-order valence-electron chi connectivity index (χ1n) is 8.21. The molecule has 0 bridgehead atoms. The van der Waals surface area contributed by atoms with Crippen molar-refractivity contribution < 1.29 is 19.1 Å². The number of hydrogen-bond acceptors (Lipinski definition) is 5. The van der Waals surface area contributed by atoms with Crippen LogP contribution in [-0.4, -0.2) is 31.1 Å². The zero-order chi connectivity index (χ0) is 18.2. The van der Waals surface area contributed by atoms with Crippen molar-refractivity contribution in [2.24, 2.45) is 0 Å². The van der Waals surface area contributed by atoms with E-state index in [4.69, 9.17) is 9.47 Å². The second-order valence-electron chi connectivity index (χ2n) is 6.30. The van der Waals surface area contributed by atoms with Crippen LogP contribution in [0.4, 0.5) is 5.69 Å². The Hall–Kier alpha value is -2.82. The Balaban J connectivity index is 2.25. The van der Waals surface area contributed by atoms with Crippen LogP contribution in [-0.2, 0) is 14.3 Å². The van der Waals surface area contributed by atoms with Gasteiger partial charge < -0.3 is 14.4 Å². The summed E-state index contributed by atoms with van der Waals surface area (Å²) in [6.07, 6.45) is 0.129. The summed E-state index contributed by atoms with van der Waals surface area (Å²) in [7, 11) is 1.73. The third-order valence-corrected chi connectivity index (χ3v) is 4.48. The summed E-state index contributed by atoms with van der Waals surface area (Å²) in [4.78, 5) is 27.4. The van der Waals surface area contributed by atoms with E-state index in [0.29, 0.717) is 17.0 Å².